The molecule has 8 nitrogen and oxygen atoms in total. The smallest absolute Gasteiger partial charge is 0.253 e. The molecule has 2 aliphatic rings. The summed E-state index contributed by atoms with van der Waals surface area (Å²) in [5.41, 5.74) is 3.95. The number of piperazine rings is 1. The first-order valence-corrected chi connectivity index (χ1v) is 11.4. The summed E-state index contributed by atoms with van der Waals surface area (Å²) in [5.74, 6) is 0.796. The van der Waals surface area contributed by atoms with Gasteiger partial charge < -0.3 is 9.88 Å². The van der Waals surface area contributed by atoms with E-state index < -0.39 is 0 Å². The molecule has 31 heavy (non-hydrogen) atoms. The van der Waals surface area contributed by atoms with Gasteiger partial charge in [0, 0.05) is 37.3 Å². The minimum Gasteiger partial charge on any atom is -0.322 e. The van der Waals surface area contributed by atoms with E-state index in [0.29, 0.717) is 6.04 Å². The number of likely N-dealkylation sites (N-methyl/N-ethyl adjacent to an activating group) is 1. The first kappa shape index (κ1) is 20.3. The third kappa shape index (κ3) is 3.78. The van der Waals surface area contributed by atoms with E-state index in [1.54, 1.807) is 0 Å². The molecule has 0 radical (unpaired) electrons. The highest BCUT2D eigenvalue weighted by Gasteiger charge is 2.34. The lowest BCUT2D eigenvalue weighted by molar-refractivity contribution is 0.120. The number of H-pyrrole nitrogens is 1. The number of fused-ring (bicyclic) bond motifs is 1. The van der Waals surface area contributed by atoms with Crippen molar-refractivity contribution in [2.45, 2.75) is 51.6 Å². The molecule has 0 amide bonds. The van der Waals surface area contributed by atoms with Gasteiger partial charge in [-0.3, -0.25) is 9.69 Å². The molecule has 1 aromatic carbocycles. The average Bonchev–Trinajstić information content (AvgIpc) is 3.43. The third-order valence-electron chi connectivity index (χ3n) is 7.12. The summed E-state index contributed by atoms with van der Waals surface area (Å²) >= 11 is 0. The van der Waals surface area contributed by atoms with Crippen molar-refractivity contribution in [3.05, 3.63) is 51.1 Å². The molecule has 8 heteroatoms. The van der Waals surface area contributed by atoms with Crippen molar-refractivity contribution in [3.63, 3.8) is 0 Å². The monoisotopic (exact) mass is 421 g/mol. The molecule has 1 saturated heterocycles. The van der Waals surface area contributed by atoms with Crippen LogP contribution in [0.25, 0.3) is 10.9 Å². The van der Waals surface area contributed by atoms with E-state index in [2.05, 4.69) is 69.4 Å². The highest BCUT2D eigenvalue weighted by molar-refractivity contribution is 5.81. The zero-order valence-corrected chi connectivity index (χ0v) is 18.6. The van der Waals surface area contributed by atoms with Crippen LogP contribution in [-0.2, 0) is 0 Å². The number of aromatic nitrogens is 5. The minimum absolute atomic E-state index is 0.0550. The van der Waals surface area contributed by atoms with E-state index in [1.807, 2.05) is 4.68 Å². The zero-order valence-electron chi connectivity index (χ0n) is 18.6. The summed E-state index contributed by atoms with van der Waals surface area (Å²) < 4.78 is 2.00. The quantitative estimate of drug-likeness (QED) is 0.697. The number of nitrogens with one attached hydrogen (secondary N) is 1. The van der Waals surface area contributed by atoms with Gasteiger partial charge >= 0.3 is 0 Å². The molecule has 1 unspecified atom stereocenters. The molecule has 5 rings (SSSR count). The fraction of sp³-hybridized carbons (Fsp3) is 0.565. The number of benzene rings is 1. The summed E-state index contributed by atoms with van der Waals surface area (Å²) in [6.07, 6.45) is 4.61. The second kappa shape index (κ2) is 8.16. The summed E-state index contributed by atoms with van der Waals surface area (Å²) in [6, 6.07) is 6.34. The Kier molecular flexibility index (Phi) is 5.35. The topological polar surface area (TPSA) is 82.9 Å². The van der Waals surface area contributed by atoms with E-state index in [0.717, 1.165) is 61.3 Å². The standard InChI is InChI=1S/C23H31N7O/c1-15-12-17-14-19(23(31)24-20(17)13-16(15)2)21(29-10-8-28(3)9-11-29)22-25-26-27-30(22)18-6-4-5-7-18/h12-14,18,21H,4-11H2,1-3H3,(H,24,31). The van der Waals surface area contributed by atoms with Crippen molar-refractivity contribution in [1.82, 2.24) is 35.0 Å². The molecule has 1 aliphatic heterocycles. The summed E-state index contributed by atoms with van der Waals surface area (Å²) in [7, 11) is 2.14. The van der Waals surface area contributed by atoms with Crippen LogP contribution in [0.2, 0.25) is 0 Å². The molecule has 2 fully saturated rings. The highest BCUT2D eigenvalue weighted by Crippen LogP contribution is 2.34. The number of pyridine rings is 1. The van der Waals surface area contributed by atoms with E-state index in [-0.39, 0.29) is 11.6 Å². The Morgan fingerprint density at radius 3 is 2.48 bits per heavy atom. The Bertz CT molecular complexity index is 1140. The Morgan fingerprint density at radius 1 is 1.03 bits per heavy atom. The van der Waals surface area contributed by atoms with Crippen LogP contribution in [0, 0.1) is 13.8 Å². The molecule has 0 bridgehead atoms. The molecule has 3 aromatic rings. The normalized spacial score (nSPS) is 20.0. The fourth-order valence-electron chi connectivity index (χ4n) is 5.07. The molecule has 1 aliphatic carbocycles. The maximum Gasteiger partial charge on any atom is 0.253 e. The van der Waals surface area contributed by atoms with E-state index >= 15 is 0 Å². The number of hydrogen-bond acceptors (Lipinski definition) is 6. The summed E-state index contributed by atoms with van der Waals surface area (Å²) in [4.78, 5) is 21.2. The SMILES string of the molecule is Cc1cc2cc(C(c3nnnn3C3CCCC3)N3CCN(C)CC3)c(=O)[nH]c2cc1C. The van der Waals surface area contributed by atoms with Crippen LogP contribution >= 0.6 is 0 Å². The number of aryl methyl sites for hydroxylation is 2. The van der Waals surface area contributed by atoms with Gasteiger partial charge in [0.05, 0.1) is 6.04 Å². The van der Waals surface area contributed by atoms with Crippen LogP contribution in [0.15, 0.2) is 23.0 Å². The van der Waals surface area contributed by atoms with E-state index in [4.69, 9.17) is 0 Å². The third-order valence-corrected chi connectivity index (χ3v) is 7.12. The fourth-order valence-corrected chi connectivity index (χ4v) is 5.07. The molecule has 1 saturated carbocycles. The minimum atomic E-state index is -0.251. The molecular formula is C23H31N7O. The number of aromatic amines is 1. The maximum atomic E-state index is 13.3. The highest BCUT2D eigenvalue weighted by atomic mass is 16.1. The number of hydrogen-bond donors (Lipinski definition) is 1. The molecule has 0 spiro atoms. The van der Waals surface area contributed by atoms with Crippen molar-refractivity contribution in [2.24, 2.45) is 0 Å². The van der Waals surface area contributed by atoms with E-state index in [9.17, 15) is 4.79 Å². The lowest BCUT2D eigenvalue weighted by Gasteiger charge is -2.37. The van der Waals surface area contributed by atoms with Gasteiger partial charge in [0.2, 0.25) is 0 Å². The molecule has 164 valence electrons. The van der Waals surface area contributed by atoms with Gasteiger partial charge in [-0.2, -0.15) is 0 Å². The molecule has 2 aromatic heterocycles. The Morgan fingerprint density at radius 2 is 1.74 bits per heavy atom. The number of tetrazole rings is 1. The van der Waals surface area contributed by atoms with Gasteiger partial charge in [-0.25, -0.2) is 4.68 Å². The van der Waals surface area contributed by atoms with Gasteiger partial charge in [-0.05, 0) is 78.9 Å². The predicted molar refractivity (Wildman–Crippen MR) is 120 cm³/mol. The Labute approximate surface area is 182 Å². The van der Waals surface area contributed by atoms with Crippen molar-refractivity contribution < 1.29 is 0 Å². The van der Waals surface area contributed by atoms with E-state index in [1.165, 1.54) is 24.0 Å². The second-order valence-electron chi connectivity index (χ2n) is 9.24. The first-order valence-electron chi connectivity index (χ1n) is 11.4. The van der Waals surface area contributed by atoms with Crippen LogP contribution in [0.1, 0.15) is 60.3 Å². The van der Waals surface area contributed by atoms with Gasteiger partial charge in [0.1, 0.15) is 6.04 Å². The second-order valence-corrected chi connectivity index (χ2v) is 9.24. The van der Waals surface area contributed by atoms with Crippen LogP contribution in [-0.4, -0.2) is 68.2 Å². The van der Waals surface area contributed by atoms with Crippen molar-refractivity contribution in [1.29, 1.82) is 0 Å². The zero-order chi connectivity index (χ0) is 21.5. The molecular weight excluding hydrogens is 390 g/mol. The maximum absolute atomic E-state index is 13.3. The lowest BCUT2D eigenvalue weighted by Crippen LogP contribution is -2.47. The van der Waals surface area contributed by atoms with Gasteiger partial charge in [-0.15, -0.1) is 5.10 Å². The number of rotatable bonds is 4. The molecule has 3 heterocycles. The van der Waals surface area contributed by atoms with Gasteiger partial charge in [0.25, 0.3) is 5.56 Å². The van der Waals surface area contributed by atoms with Crippen LogP contribution in [0.4, 0.5) is 0 Å². The predicted octanol–water partition coefficient (Wildman–Crippen LogP) is 2.58. The average molecular weight is 422 g/mol. The lowest BCUT2D eigenvalue weighted by atomic mass is 10.00. The summed E-state index contributed by atoms with van der Waals surface area (Å²) in [6.45, 7) is 7.87. The van der Waals surface area contributed by atoms with Crippen LogP contribution in [0.5, 0.6) is 0 Å². The molecule has 1 atom stereocenters. The van der Waals surface area contributed by atoms with Crippen molar-refractivity contribution >= 4 is 10.9 Å². The Balaban J connectivity index is 1.65. The number of nitrogens with zero attached hydrogens (tertiary/aromatic N) is 6. The largest absolute Gasteiger partial charge is 0.322 e. The first-order chi connectivity index (χ1) is 15.0. The van der Waals surface area contributed by atoms with Gasteiger partial charge in [0.15, 0.2) is 5.82 Å². The van der Waals surface area contributed by atoms with Crippen LogP contribution in [0.3, 0.4) is 0 Å². The van der Waals surface area contributed by atoms with Gasteiger partial charge in [-0.1, -0.05) is 12.8 Å². The Hall–Kier alpha value is -2.58. The molecule has 1 N–H and O–H groups in total. The van der Waals surface area contributed by atoms with Crippen molar-refractivity contribution in [3.8, 4) is 0 Å². The summed E-state index contributed by atoms with van der Waals surface area (Å²) in [5, 5.41) is 14.0. The van der Waals surface area contributed by atoms with Crippen molar-refractivity contribution in [2.75, 3.05) is 33.2 Å². The van der Waals surface area contributed by atoms with Crippen LogP contribution < -0.4 is 5.56 Å².